The summed E-state index contributed by atoms with van der Waals surface area (Å²) < 4.78 is 11.1. The lowest BCUT2D eigenvalue weighted by Gasteiger charge is -2.11. The van der Waals surface area contributed by atoms with Gasteiger partial charge in [-0.25, -0.2) is 4.99 Å². The molecular formula is C16H20ClN3O3S. The molecule has 0 aliphatic heterocycles. The summed E-state index contributed by atoms with van der Waals surface area (Å²) in [7, 11) is 3.17. The van der Waals surface area contributed by atoms with Gasteiger partial charge in [0.25, 0.3) is 0 Å². The highest BCUT2D eigenvalue weighted by molar-refractivity contribution is 7.16. The first kappa shape index (κ1) is 18.4. The Labute approximate surface area is 149 Å². The molecule has 4 N–H and O–H groups in total. The monoisotopic (exact) mass is 369 g/mol. The van der Waals surface area contributed by atoms with Crippen LogP contribution in [0.15, 0.2) is 35.3 Å². The number of aliphatic hydroxyl groups is 1. The molecule has 0 fully saturated rings. The van der Waals surface area contributed by atoms with Crippen LogP contribution in [0, 0.1) is 0 Å². The third-order valence-electron chi connectivity index (χ3n) is 3.28. The van der Waals surface area contributed by atoms with E-state index < -0.39 is 6.10 Å². The number of benzene rings is 1. The minimum atomic E-state index is -0.683. The highest BCUT2D eigenvalue weighted by Gasteiger charge is 2.10. The van der Waals surface area contributed by atoms with E-state index in [0.29, 0.717) is 22.4 Å². The average molecular weight is 370 g/mol. The molecule has 0 amide bonds. The Morgan fingerprint density at radius 3 is 2.67 bits per heavy atom. The molecule has 8 heteroatoms. The lowest BCUT2D eigenvalue weighted by atomic mass is 10.2. The fourth-order valence-corrected chi connectivity index (χ4v) is 3.07. The Hall–Kier alpha value is -1.96. The van der Waals surface area contributed by atoms with E-state index in [-0.39, 0.29) is 12.5 Å². The van der Waals surface area contributed by atoms with Gasteiger partial charge in [0, 0.05) is 11.4 Å². The number of hydrogen-bond acceptors (Lipinski definition) is 5. The number of rotatable bonds is 7. The van der Waals surface area contributed by atoms with Gasteiger partial charge in [0.1, 0.15) is 6.10 Å². The minimum absolute atomic E-state index is 0.256. The molecule has 2 aromatic rings. The molecule has 0 aliphatic rings. The summed E-state index contributed by atoms with van der Waals surface area (Å²) in [6.45, 7) is 0.651. The number of thiophene rings is 1. The number of nitrogens with one attached hydrogen (secondary N) is 1. The molecule has 130 valence electrons. The van der Waals surface area contributed by atoms with Crippen LogP contribution in [0.3, 0.4) is 0 Å². The Balaban J connectivity index is 1.89. The SMILES string of the molecule is COc1ccc(CN=C(N)NCC(O)c2ccc(Cl)s2)cc1OC. The van der Waals surface area contributed by atoms with Gasteiger partial charge in [-0.3, -0.25) is 0 Å². The van der Waals surface area contributed by atoms with E-state index in [4.69, 9.17) is 26.8 Å². The molecule has 0 spiro atoms. The van der Waals surface area contributed by atoms with E-state index in [1.54, 1.807) is 26.4 Å². The third-order valence-corrected chi connectivity index (χ3v) is 4.61. The molecule has 0 saturated carbocycles. The Morgan fingerprint density at radius 1 is 1.29 bits per heavy atom. The number of aliphatic imine (C=N–C) groups is 1. The van der Waals surface area contributed by atoms with Crippen LogP contribution in [0.1, 0.15) is 16.5 Å². The van der Waals surface area contributed by atoms with Crippen LogP contribution in [0.5, 0.6) is 11.5 Å². The largest absolute Gasteiger partial charge is 0.493 e. The van der Waals surface area contributed by atoms with Crippen LogP contribution < -0.4 is 20.5 Å². The number of ether oxygens (including phenoxy) is 2. The molecule has 2 rings (SSSR count). The average Bonchev–Trinajstić information content (AvgIpc) is 3.04. The normalized spacial score (nSPS) is 12.8. The predicted molar refractivity (Wildman–Crippen MR) is 97.2 cm³/mol. The molecule has 1 aromatic carbocycles. The van der Waals surface area contributed by atoms with Crippen molar-refractivity contribution in [3.8, 4) is 11.5 Å². The van der Waals surface area contributed by atoms with Gasteiger partial charge in [0.05, 0.1) is 25.1 Å². The summed E-state index contributed by atoms with van der Waals surface area (Å²) in [5.41, 5.74) is 6.76. The second kappa shape index (κ2) is 8.77. The molecule has 0 aliphatic carbocycles. The minimum Gasteiger partial charge on any atom is -0.493 e. The number of aliphatic hydroxyl groups excluding tert-OH is 1. The van der Waals surface area contributed by atoms with E-state index in [9.17, 15) is 5.11 Å². The predicted octanol–water partition coefficient (Wildman–Crippen LogP) is 2.56. The van der Waals surface area contributed by atoms with Gasteiger partial charge in [-0.05, 0) is 29.8 Å². The molecule has 1 atom stereocenters. The van der Waals surface area contributed by atoms with Crippen molar-refractivity contribution >= 4 is 28.9 Å². The Kier molecular flexibility index (Phi) is 6.72. The fourth-order valence-electron chi connectivity index (χ4n) is 2.02. The highest BCUT2D eigenvalue weighted by atomic mass is 35.5. The zero-order valence-electron chi connectivity index (χ0n) is 13.5. The molecule has 6 nitrogen and oxygen atoms in total. The van der Waals surface area contributed by atoms with Crippen molar-refractivity contribution in [2.45, 2.75) is 12.6 Å². The van der Waals surface area contributed by atoms with Gasteiger partial charge in [-0.1, -0.05) is 17.7 Å². The molecule has 0 radical (unpaired) electrons. The van der Waals surface area contributed by atoms with Crippen molar-refractivity contribution in [1.29, 1.82) is 0 Å². The first-order valence-corrected chi connectivity index (χ1v) is 8.41. The van der Waals surface area contributed by atoms with Gasteiger partial charge < -0.3 is 25.6 Å². The van der Waals surface area contributed by atoms with Gasteiger partial charge in [-0.2, -0.15) is 0 Å². The fraction of sp³-hybridized carbons (Fsp3) is 0.312. The first-order chi connectivity index (χ1) is 11.5. The van der Waals surface area contributed by atoms with E-state index in [1.165, 1.54) is 11.3 Å². The number of halogens is 1. The molecule has 1 unspecified atom stereocenters. The zero-order valence-corrected chi connectivity index (χ0v) is 15.0. The molecule has 1 aromatic heterocycles. The van der Waals surface area contributed by atoms with E-state index in [1.807, 2.05) is 18.2 Å². The van der Waals surface area contributed by atoms with Crippen LogP contribution >= 0.6 is 22.9 Å². The number of guanidine groups is 1. The summed E-state index contributed by atoms with van der Waals surface area (Å²) in [5, 5.41) is 12.9. The van der Waals surface area contributed by atoms with Gasteiger partial charge >= 0.3 is 0 Å². The van der Waals surface area contributed by atoms with E-state index in [2.05, 4.69) is 10.3 Å². The van der Waals surface area contributed by atoms with Crippen LogP contribution in [0.4, 0.5) is 0 Å². The van der Waals surface area contributed by atoms with Crippen LogP contribution in [-0.2, 0) is 6.54 Å². The van der Waals surface area contributed by atoms with Crippen molar-refractivity contribution < 1.29 is 14.6 Å². The van der Waals surface area contributed by atoms with E-state index >= 15 is 0 Å². The molecule has 24 heavy (non-hydrogen) atoms. The second-order valence-corrected chi connectivity index (χ2v) is 6.68. The maximum absolute atomic E-state index is 10.0. The van der Waals surface area contributed by atoms with Gasteiger partial charge in [0.2, 0.25) is 0 Å². The van der Waals surface area contributed by atoms with Gasteiger partial charge in [0.15, 0.2) is 17.5 Å². The summed E-state index contributed by atoms with van der Waals surface area (Å²) in [6.07, 6.45) is -0.683. The lowest BCUT2D eigenvalue weighted by Crippen LogP contribution is -2.34. The van der Waals surface area contributed by atoms with Crippen molar-refractivity contribution in [2.75, 3.05) is 20.8 Å². The van der Waals surface area contributed by atoms with Crippen molar-refractivity contribution in [3.63, 3.8) is 0 Å². The van der Waals surface area contributed by atoms with Crippen LogP contribution in [0.2, 0.25) is 4.34 Å². The topological polar surface area (TPSA) is 89.1 Å². The van der Waals surface area contributed by atoms with Crippen molar-refractivity contribution in [1.82, 2.24) is 5.32 Å². The maximum Gasteiger partial charge on any atom is 0.189 e. The number of nitrogens with zero attached hydrogens (tertiary/aromatic N) is 1. The second-order valence-electron chi connectivity index (χ2n) is 4.93. The summed E-state index contributed by atoms with van der Waals surface area (Å²) in [5.74, 6) is 1.56. The number of methoxy groups -OCH3 is 2. The summed E-state index contributed by atoms with van der Waals surface area (Å²) >= 11 is 7.18. The summed E-state index contributed by atoms with van der Waals surface area (Å²) in [6, 6.07) is 9.09. The molecule has 0 saturated heterocycles. The number of nitrogens with two attached hydrogens (primary N) is 1. The maximum atomic E-state index is 10.0. The van der Waals surface area contributed by atoms with E-state index in [0.717, 1.165) is 10.4 Å². The molecular weight excluding hydrogens is 350 g/mol. The Morgan fingerprint density at radius 2 is 2.04 bits per heavy atom. The lowest BCUT2D eigenvalue weighted by molar-refractivity contribution is 0.185. The van der Waals surface area contributed by atoms with Crippen LogP contribution in [0.25, 0.3) is 0 Å². The highest BCUT2D eigenvalue weighted by Crippen LogP contribution is 2.28. The Bertz CT molecular complexity index is 706. The smallest absolute Gasteiger partial charge is 0.189 e. The first-order valence-electron chi connectivity index (χ1n) is 7.21. The standard InChI is InChI=1S/C16H20ClN3O3S/c1-22-12-4-3-10(7-13(12)23-2)8-19-16(18)20-9-11(21)14-5-6-15(17)24-14/h3-7,11,21H,8-9H2,1-2H3,(H3,18,19,20). The molecule has 1 heterocycles. The van der Waals surface area contributed by atoms with Crippen LogP contribution in [-0.4, -0.2) is 31.8 Å². The third kappa shape index (κ3) is 5.02. The number of hydrogen-bond donors (Lipinski definition) is 3. The summed E-state index contributed by atoms with van der Waals surface area (Å²) in [4.78, 5) is 5.03. The van der Waals surface area contributed by atoms with Crippen molar-refractivity contribution in [3.05, 3.63) is 45.1 Å². The quantitative estimate of drug-likeness (QED) is 0.515. The van der Waals surface area contributed by atoms with Gasteiger partial charge in [-0.15, -0.1) is 11.3 Å². The molecule has 0 bridgehead atoms. The zero-order chi connectivity index (χ0) is 17.5. The van der Waals surface area contributed by atoms with Crippen molar-refractivity contribution in [2.24, 2.45) is 10.7 Å².